The van der Waals surface area contributed by atoms with Crippen LogP contribution < -0.4 is 10.1 Å². The molecule has 1 aliphatic rings. The lowest BCUT2D eigenvalue weighted by atomic mass is 9.86. The molecule has 0 bridgehead atoms. The lowest BCUT2D eigenvalue weighted by Gasteiger charge is -2.29. The number of carbonyl (C=O) groups is 1. The van der Waals surface area contributed by atoms with E-state index in [0.29, 0.717) is 26.7 Å². The van der Waals surface area contributed by atoms with Crippen LogP contribution in [0.4, 0.5) is 0 Å². The lowest BCUT2D eigenvalue weighted by molar-refractivity contribution is -0.124. The van der Waals surface area contributed by atoms with Crippen LogP contribution in [-0.2, 0) is 4.79 Å². The number of hydrogen-bond acceptors (Lipinski definition) is 2. The monoisotopic (exact) mass is 349 g/mol. The van der Waals surface area contributed by atoms with E-state index in [4.69, 9.17) is 39.5 Å². The fourth-order valence-electron chi connectivity index (χ4n) is 2.54. The van der Waals surface area contributed by atoms with Crippen LogP contribution in [0.3, 0.4) is 0 Å². The molecular formula is C15H18Cl3NO2. The van der Waals surface area contributed by atoms with Gasteiger partial charge in [0.1, 0.15) is 5.75 Å². The third kappa shape index (κ3) is 4.67. The van der Waals surface area contributed by atoms with Crippen LogP contribution in [0, 0.1) is 5.92 Å². The maximum absolute atomic E-state index is 12.0. The summed E-state index contributed by atoms with van der Waals surface area (Å²) in [5.74, 6) is 0.727. The van der Waals surface area contributed by atoms with E-state index >= 15 is 0 Å². The fraction of sp³-hybridized carbons (Fsp3) is 0.533. The normalized spacial score (nSPS) is 21.9. The maximum atomic E-state index is 12.0. The highest BCUT2D eigenvalue weighted by Gasteiger charge is 2.23. The molecule has 0 aromatic heterocycles. The Hall–Kier alpha value is -0.640. The molecule has 0 spiro atoms. The Morgan fingerprint density at radius 3 is 2.57 bits per heavy atom. The molecule has 6 heteroatoms. The molecule has 1 aromatic rings. The number of benzene rings is 1. The van der Waals surface area contributed by atoms with Crippen molar-refractivity contribution in [3.63, 3.8) is 0 Å². The molecule has 0 saturated heterocycles. The first-order valence-electron chi connectivity index (χ1n) is 7.04. The van der Waals surface area contributed by atoms with Crippen LogP contribution >= 0.6 is 34.8 Å². The minimum Gasteiger partial charge on any atom is -0.482 e. The third-order valence-corrected chi connectivity index (χ3v) is 4.81. The van der Waals surface area contributed by atoms with E-state index in [1.54, 1.807) is 0 Å². The van der Waals surface area contributed by atoms with E-state index in [1.165, 1.54) is 18.6 Å². The predicted molar refractivity (Wildman–Crippen MR) is 86.5 cm³/mol. The number of rotatable bonds is 4. The Morgan fingerprint density at radius 2 is 1.86 bits per heavy atom. The highest BCUT2D eigenvalue weighted by Crippen LogP contribution is 2.33. The van der Waals surface area contributed by atoms with Crippen LogP contribution in [0.2, 0.25) is 15.1 Å². The highest BCUT2D eigenvalue weighted by atomic mass is 35.5. The van der Waals surface area contributed by atoms with Crippen LogP contribution in [0.1, 0.15) is 32.6 Å². The van der Waals surface area contributed by atoms with Crippen molar-refractivity contribution < 1.29 is 9.53 Å². The largest absolute Gasteiger partial charge is 0.482 e. The van der Waals surface area contributed by atoms with Gasteiger partial charge in [0.2, 0.25) is 0 Å². The lowest BCUT2D eigenvalue weighted by Crippen LogP contribution is -2.43. The molecule has 3 nitrogen and oxygen atoms in total. The van der Waals surface area contributed by atoms with Crippen LogP contribution in [0.25, 0.3) is 0 Å². The van der Waals surface area contributed by atoms with Crippen molar-refractivity contribution >= 4 is 40.7 Å². The van der Waals surface area contributed by atoms with Gasteiger partial charge in [-0.25, -0.2) is 0 Å². The highest BCUT2D eigenvalue weighted by molar-refractivity contribution is 6.43. The molecular weight excluding hydrogens is 333 g/mol. The first-order valence-corrected chi connectivity index (χ1v) is 8.17. The number of carbonyl (C=O) groups excluding carboxylic acids is 1. The first kappa shape index (κ1) is 16.7. The standard InChI is InChI=1S/C15H18Cl3NO2/c1-9-4-2-3-5-13(9)19-15(20)8-21-14-7-11(17)10(16)6-12(14)18/h6-7,9,13H,2-5,8H2,1H3,(H,19,20)/t9-,13-/m0/s1. The molecule has 0 heterocycles. The molecule has 1 fully saturated rings. The van der Waals surface area contributed by atoms with Gasteiger partial charge in [0.25, 0.3) is 5.91 Å². The smallest absolute Gasteiger partial charge is 0.258 e. The van der Waals surface area contributed by atoms with E-state index in [2.05, 4.69) is 12.2 Å². The summed E-state index contributed by atoms with van der Waals surface area (Å²) in [5, 5.41) is 4.06. The second-order valence-electron chi connectivity index (χ2n) is 5.42. The molecule has 0 aliphatic heterocycles. The zero-order chi connectivity index (χ0) is 15.4. The van der Waals surface area contributed by atoms with Gasteiger partial charge in [-0.2, -0.15) is 0 Å². The van der Waals surface area contributed by atoms with Crippen molar-refractivity contribution in [1.29, 1.82) is 0 Å². The summed E-state index contributed by atoms with van der Waals surface area (Å²) in [6.07, 6.45) is 4.59. The summed E-state index contributed by atoms with van der Waals surface area (Å²) < 4.78 is 5.42. The second kappa shape index (κ2) is 7.57. The molecule has 1 amide bonds. The minimum absolute atomic E-state index is 0.0824. The molecule has 116 valence electrons. The van der Waals surface area contributed by atoms with E-state index in [9.17, 15) is 4.79 Å². The summed E-state index contributed by atoms with van der Waals surface area (Å²) in [6.45, 7) is 2.09. The molecule has 2 rings (SSSR count). The third-order valence-electron chi connectivity index (χ3n) is 3.79. The topological polar surface area (TPSA) is 38.3 Å². The number of nitrogens with one attached hydrogen (secondary N) is 1. The average molecular weight is 351 g/mol. The molecule has 2 atom stereocenters. The van der Waals surface area contributed by atoms with Crippen LogP contribution in [-0.4, -0.2) is 18.6 Å². The number of amides is 1. The molecule has 0 unspecified atom stereocenters. The molecule has 0 radical (unpaired) electrons. The first-order chi connectivity index (χ1) is 9.97. The van der Waals surface area contributed by atoms with E-state index in [-0.39, 0.29) is 18.6 Å². The van der Waals surface area contributed by atoms with Gasteiger partial charge in [0, 0.05) is 12.1 Å². The van der Waals surface area contributed by atoms with Crippen molar-refractivity contribution in [2.24, 2.45) is 5.92 Å². The zero-order valence-electron chi connectivity index (χ0n) is 11.8. The Bertz CT molecular complexity index is 522. The van der Waals surface area contributed by atoms with Crippen molar-refractivity contribution in [2.75, 3.05) is 6.61 Å². The molecule has 21 heavy (non-hydrogen) atoms. The van der Waals surface area contributed by atoms with E-state index < -0.39 is 0 Å². The average Bonchev–Trinajstić information content (AvgIpc) is 2.44. The molecule has 1 saturated carbocycles. The van der Waals surface area contributed by atoms with Gasteiger partial charge in [-0.15, -0.1) is 0 Å². The van der Waals surface area contributed by atoms with Crippen LogP contribution in [0.15, 0.2) is 12.1 Å². The Labute approximate surface area is 139 Å². The maximum Gasteiger partial charge on any atom is 0.258 e. The predicted octanol–water partition coefficient (Wildman–Crippen LogP) is 4.72. The van der Waals surface area contributed by atoms with Gasteiger partial charge >= 0.3 is 0 Å². The van der Waals surface area contributed by atoms with E-state index in [1.807, 2.05) is 0 Å². The van der Waals surface area contributed by atoms with Gasteiger partial charge in [0.15, 0.2) is 6.61 Å². The van der Waals surface area contributed by atoms with E-state index in [0.717, 1.165) is 19.3 Å². The van der Waals surface area contributed by atoms with Gasteiger partial charge in [0.05, 0.1) is 15.1 Å². The number of hydrogen-bond donors (Lipinski definition) is 1. The molecule has 1 aromatic carbocycles. The molecule has 1 aliphatic carbocycles. The van der Waals surface area contributed by atoms with Crippen molar-refractivity contribution in [3.05, 3.63) is 27.2 Å². The summed E-state index contributed by atoms with van der Waals surface area (Å²) in [4.78, 5) is 12.0. The zero-order valence-corrected chi connectivity index (χ0v) is 14.1. The summed E-state index contributed by atoms with van der Waals surface area (Å²) in [6, 6.07) is 3.25. The van der Waals surface area contributed by atoms with Gasteiger partial charge in [-0.1, -0.05) is 54.6 Å². The second-order valence-corrected chi connectivity index (χ2v) is 6.64. The summed E-state index contributed by atoms with van der Waals surface area (Å²) in [7, 11) is 0. The minimum atomic E-state index is -0.143. The van der Waals surface area contributed by atoms with Crippen molar-refractivity contribution in [1.82, 2.24) is 5.32 Å². The van der Waals surface area contributed by atoms with Crippen molar-refractivity contribution in [3.8, 4) is 5.75 Å². The Morgan fingerprint density at radius 1 is 1.19 bits per heavy atom. The number of halogens is 3. The molecule has 1 N–H and O–H groups in total. The summed E-state index contributed by atoms with van der Waals surface area (Å²) >= 11 is 17.7. The number of ether oxygens (including phenoxy) is 1. The Kier molecular flexibility index (Phi) is 6.03. The SMILES string of the molecule is C[C@H]1CCCC[C@@H]1NC(=O)COc1cc(Cl)c(Cl)cc1Cl. The van der Waals surface area contributed by atoms with Gasteiger partial charge < -0.3 is 10.1 Å². The fourth-order valence-corrected chi connectivity index (χ4v) is 3.13. The summed E-state index contributed by atoms with van der Waals surface area (Å²) in [5.41, 5.74) is 0. The quantitative estimate of drug-likeness (QED) is 0.798. The Balaban J connectivity index is 1.88. The van der Waals surface area contributed by atoms with Gasteiger partial charge in [-0.05, 0) is 24.8 Å². The van der Waals surface area contributed by atoms with Crippen molar-refractivity contribution in [2.45, 2.75) is 38.6 Å². The van der Waals surface area contributed by atoms with Gasteiger partial charge in [-0.3, -0.25) is 4.79 Å². The van der Waals surface area contributed by atoms with Crippen LogP contribution in [0.5, 0.6) is 5.75 Å².